The first kappa shape index (κ1) is 15.0. The van der Waals surface area contributed by atoms with Gasteiger partial charge in [-0.05, 0) is 42.4 Å². The molecule has 0 fully saturated rings. The number of hydrogen-bond donors (Lipinski definition) is 0. The van der Waals surface area contributed by atoms with E-state index in [4.69, 9.17) is 16.3 Å². The molecule has 0 radical (unpaired) electrons. The second-order valence-electron chi connectivity index (χ2n) is 4.50. The summed E-state index contributed by atoms with van der Waals surface area (Å²) in [5.74, 6) is 1.82. The van der Waals surface area contributed by atoms with Gasteiger partial charge in [0, 0.05) is 24.1 Å². The topological polar surface area (TPSA) is 9.23 Å². The largest absolute Gasteiger partial charge is 0.385 e. The minimum atomic E-state index is 0.521. The van der Waals surface area contributed by atoms with Crippen molar-refractivity contribution in [3.63, 3.8) is 0 Å². The predicted molar refractivity (Wildman–Crippen MR) is 77.7 cm³/mol. The van der Waals surface area contributed by atoms with Crippen molar-refractivity contribution >= 4 is 27.5 Å². The zero-order valence-corrected chi connectivity index (χ0v) is 12.8. The van der Waals surface area contributed by atoms with E-state index in [1.54, 1.807) is 7.11 Å². The van der Waals surface area contributed by atoms with Gasteiger partial charge in [0.1, 0.15) is 0 Å². The van der Waals surface area contributed by atoms with Crippen LogP contribution >= 0.6 is 27.5 Å². The second-order valence-corrected chi connectivity index (χ2v) is 5.73. The Labute approximate surface area is 118 Å². The van der Waals surface area contributed by atoms with Crippen LogP contribution in [0.15, 0.2) is 28.7 Å². The Kier molecular flexibility index (Phi) is 7.17. The minimum Gasteiger partial charge on any atom is -0.385 e. The van der Waals surface area contributed by atoms with Gasteiger partial charge < -0.3 is 4.74 Å². The molecule has 2 unspecified atom stereocenters. The molecule has 3 heteroatoms. The average Bonchev–Trinajstić information content (AvgIpc) is 2.35. The van der Waals surface area contributed by atoms with E-state index < -0.39 is 0 Å². The summed E-state index contributed by atoms with van der Waals surface area (Å²) >= 11 is 9.52. The molecule has 1 nitrogen and oxygen atoms in total. The monoisotopic (exact) mass is 318 g/mol. The molecule has 0 aliphatic carbocycles. The molecular weight excluding hydrogens is 300 g/mol. The first-order valence-corrected chi connectivity index (χ1v) is 7.29. The summed E-state index contributed by atoms with van der Waals surface area (Å²) in [6.45, 7) is 3.07. The SMILES string of the molecule is COCCC(C)C(CCl)Cc1ccc(Br)cc1. The van der Waals surface area contributed by atoms with Gasteiger partial charge in [-0.1, -0.05) is 35.0 Å². The Morgan fingerprint density at radius 3 is 2.47 bits per heavy atom. The molecule has 1 rings (SSSR count). The van der Waals surface area contributed by atoms with Gasteiger partial charge in [0.15, 0.2) is 0 Å². The van der Waals surface area contributed by atoms with Crippen molar-refractivity contribution < 1.29 is 4.74 Å². The van der Waals surface area contributed by atoms with Gasteiger partial charge in [-0.25, -0.2) is 0 Å². The lowest BCUT2D eigenvalue weighted by Crippen LogP contribution is -2.18. The molecule has 0 N–H and O–H groups in total. The fourth-order valence-electron chi connectivity index (χ4n) is 1.87. The van der Waals surface area contributed by atoms with Crippen LogP contribution in [-0.2, 0) is 11.2 Å². The van der Waals surface area contributed by atoms with E-state index >= 15 is 0 Å². The van der Waals surface area contributed by atoms with E-state index in [9.17, 15) is 0 Å². The zero-order valence-electron chi connectivity index (χ0n) is 10.5. The molecule has 96 valence electrons. The standard InChI is InChI=1S/C14H20BrClO/c1-11(7-8-17-2)13(10-16)9-12-3-5-14(15)6-4-12/h3-6,11,13H,7-10H2,1-2H3. The molecule has 0 spiro atoms. The summed E-state index contributed by atoms with van der Waals surface area (Å²) in [5, 5.41) is 0. The van der Waals surface area contributed by atoms with Crippen molar-refractivity contribution in [3.05, 3.63) is 34.3 Å². The summed E-state index contributed by atoms with van der Waals surface area (Å²) in [7, 11) is 1.75. The highest BCUT2D eigenvalue weighted by Crippen LogP contribution is 2.23. The van der Waals surface area contributed by atoms with Crippen LogP contribution in [0.1, 0.15) is 18.9 Å². The first-order chi connectivity index (χ1) is 8.17. The van der Waals surface area contributed by atoms with Crippen molar-refractivity contribution in [2.24, 2.45) is 11.8 Å². The number of halogens is 2. The van der Waals surface area contributed by atoms with Crippen molar-refractivity contribution in [1.82, 2.24) is 0 Å². The third-order valence-electron chi connectivity index (χ3n) is 3.19. The Balaban J connectivity index is 2.53. The van der Waals surface area contributed by atoms with Gasteiger partial charge in [-0.2, -0.15) is 0 Å². The lowest BCUT2D eigenvalue weighted by Gasteiger charge is -2.21. The van der Waals surface area contributed by atoms with E-state index in [1.165, 1.54) is 5.56 Å². The van der Waals surface area contributed by atoms with Crippen LogP contribution in [0.5, 0.6) is 0 Å². The molecule has 0 bridgehead atoms. The van der Waals surface area contributed by atoms with Gasteiger partial charge in [-0.3, -0.25) is 0 Å². The maximum atomic E-state index is 6.07. The van der Waals surface area contributed by atoms with E-state index in [-0.39, 0.29) is 0 Å². The summed E-state index contributed by atoms with van der Waals surface area (Å²) < 4.78 is 6.25. The number of ether oxygens (including phenoxy) is 1. The van der Waals surface area contributed by atoms with Crippen molar-refractivity contribution in [1.29, 1.82) is 0 Å². The smallest absolute Gasteiger partial charge is 0.0464 e. The maximum absolute atomic E-state index is 6.07. The number of benzene rings is 1. The van der Waals surface area contributed by atoms with Crippen molar-refractivity contribution in [2.45, 2.75) is 19.8 Å². The highest BCUT2D eigenvalue weighted by atomic mass is 79.9. The van der Waals surface area contributed by atoms with E-state index in [0.29, 0.717) is 17.7 Å². The van der Waals surface area contributed by atoms with Gasteiger partial charge in [0.2, 0.25) is 0 Å². The zero-order chi connectivity index (χ0) is 12.7. The lowest BCUT2D eigenvalue weighted by molar-refractivity contribution is 0.168. The van der Waals surface area contributed by atoms with Crippen LogP contribution in [-0.4, -0.2) is 19.6 Å². The third-order valence-corrected chi connectivity index (χ3v) is 4.12. The molecule has 0 amide bonds. The predicted octanol–water partition coefficient (Wildman–Crippen LogP) is 4.52. The Morgan fingerprint density at radius 2 is 1.94 bits per heavy atom. The Hall–Kier alpha value is -0.0500. The molecule has 2 atom stereocenters. The Morgan fingerprint density at radius 1 is 1.29 bits per heavy atom. The van der Waals surface area contributed by atoms with Gasteiger partial charge in [0.25, 0.3) is 0 Å². The van der Waals surface area contributed by atoms with Crippen molar-refractivity contribution in [2.75, 3.05) is 19.6 Å². The molecular formula is C14H20BrClO. The van der Waals surface area contributed by atoms with Crippen LogP contribution in [0, 0.1) is 11.8 Å². The van der Waals surface area contributed by atoms with Crippen LogP contribution in [0.2, 0.25) is 0 Å². The number of hydrogen-bond acceptors (Lipinski definition) is 1. The number of alkyl halides is 1. The lowest BCUT2D eigenvalue weighted by atomic mass is 9.87. The van der Waals surface area contributed by atoms with Gasteiger partial charge >= 0.3 is 0 Å². The highest BCUT2D eigenvalue weighted by molar-refractivity contribution is 9.10. The fraction of sp³-hybridized carbons (Fsp3) is 0.571. The van der Waals surface area contributed by atoms with E-state index in [0.717, 1.165) is 23.9 Å². The van der Waals surface area contributed by atoms with Crippen LogP contribution in [0.25, 0.3) is 0 Å². The number of methoxy groups -OCH3 is 1. The number of rotatable bonds is 7. The van der Waals surface area contributed by atoms with E-state index in [1.807, 2.05) is 0 Å². The normalized spacial score (nSPS) is 14.6. The summed E-state index contributed by atoms with van der Waals surface area (Å²) in [4.78, 5) is 0. The quantitative estimate of drug-likeness (QED) is 0.671. The summed E-state index contributed by atoms with van der Waals surface area (Å²) in [6, 6.07) is 8.49. The molecule has 17 heavy (non-hydrogen) atoms. The molecule has 0 aliphatic heterocycles. The van der Waals surface area contributed by atoms with Gasteiger partial charge in [0.05, 0.1) is 0 Å². The van der Waals surface area contributed by atoms with Crippen LogP contribution in [0.3, 0.4) is 0 Å². The Bertz CT molecular complexity index is 313. The highest BCUT2D eigenvalue weighted by Gasteiger charge is 2.16. The summed E-state index contributed by atoms with van der Waals surface area (Å²) in [6.07, 6.45) is 2.12. The third kappa shape index (κ3) is 5.41. The first-order valence-electron chi connectivity index (χ1n) is 5.96. The molecule has 0 aromatic heterocycles. The average molecular weight is 320 g/mol. The summed E-state index contributed by atoms with van der Waals surface area (Å²) in [5.41, 5.74) is 1.35. The molecule has 0 heterocycles. The molecule has 0 saturated heterocycles. The molecule has 1 aromatic carbocycles. The van der Waals surface area contributed by atoms with Crippen molar-refractivity contribution in [3.8, 4) is 0 Å². The minimum absolute atomic E-state index is 0.521. The van der Waals surface area contributed by atoms with Crippen LogP contribution < -0.4 is 0 Å². The molecule has 0 saturated carbocycles. The second kappa shape index (κ2) is 8.12. The molecule has 1 aromatic rings. The van der Waals surface area contributed by atoms with Gasteiger partial charge in [-0.15, -0.1) is 11.6 Å². The van der Waals surface area contributed by atoms with E-state index in [2.05, 4.69) is 47.1 Å². The fourth-order valence-corrected chi connectivity index (χ4v) is 2.55. The van der Waals surface area contributed by atoms with Crippen LogP contribution in [0.4, 0.5) is 0 Å². The maximum Gasteiger partial charge on any atom is 0.0464 e. The molecule has 0 aliphatic rings.